The van der Waals surface area contributed by atoms with Gasteiger partial charge in [0.2, 0.25) is 5.91 Å². The van der Waals surface area contributed by atoms with E-state index in [0.29, 0.717) is 5.13 Å². The number of anilines is 1. The Hall–Kier alpha value is -2.83. The molecule has 1 N–H and O–H groups in total. The van der Waals surface area contributed by atoms with Gasteiger partial charge in [-0.1, -0.05) is 42.5 Å². The average Bonchev–Trinajstić information content (AvgIpc) is 3.34. The fourth-order valence-corrected chi connectivity index (χ4v) is 4.36. The van der Waals surface area contributed by atoms with Crippen LogP contribution < -0.4 is 5.32 Å². The second-order valence-electron chi connectivity index (χ2n) is 6.57. The van der Waals surface area contributed by atoms with Crippen molar-refractivity contribution >= 4 is 33.7 Å². The minimum absolute atomic E-state index is 0.106. The molecule has 1 amide bonds. The van der Waals surface area contributed by atoms with E-state index in [1.807, 2.05) is 41.1 Å². The second-order valence-corrected chi connectivity index (χ2v) is 8.29. The maximum Gasteiger partial charge on any atom is 0.232 e. The zero-order chi connectivity index (χ0) is 19.5. The van der Waals surface area contributed by atoms with Gasteiger partial charge in [-0.05, 0) is 31.0 Å². The van der Waals surface area contributed by atoms with Gasteiger partial charge < -0.3 is 5.32 Å². The third-order valence-corrected chi connectivity index (χ3v) is 6.17. The Morgan fingerprint density at radius 1 is 0.929 bits per heavy atom. The number of aryl methyl sites for hydroxylation is 2. The molecule has 0 radical (unpaired) electrons. The van der Waals surface area contributed by atoms with Crippen molar-refractivity contribution in [3.05, 3.63) is 76.1 Å². The van der Waals surface area contributed by atoms with Crippen LogP contribution in [0.25, 0.3) is 21.8 Å². The molecule has 4 aromatic rings. The summed E-state index contributed by atoms with van der Waals surface area (Å²) < 4.78 is 0. The molecule has 0 atom stereocenters. The molecule has 140 valence electrons. The number of nitrogens with one attached hydrogen (secondary N) is 1. The SMILES string of the molecule is Cc1ccc(-c2csc(NC(=O)Cc3csc(-c4ccccc4)n3)n2)cc1C. The van der Waals surface area contributed by atoms with E-state index in [-0.39, 0.29) is 12.3 Å². The zero-order valence-electron chi connectivity index (χ0n) is 15.6. The van der Waals surface area contributed by atoms with Gasteiger partial charge >= 0.3 is 0 Å². The predicted molar refractivity (Wildman–Crippen MR) is 117 cm³/mol. The molecule has 2 heterocycles. The molecular weight excluding hydrogens is 386 g/mol. The van der Waals surface area contributed by atoms with Crippen LogP contribution in [-0.4, -0.2) is 15.9 Å². The van der Waals surface area contributed by atoms with Crippen molar-refractivity contribution in [3.63, 3.8) is 0 Å². The van der Waals surface area contributed by atoms with Gasteiger partial charge in [-0.15, -0.1) is 22.7 Å². The first-order chi connectivity index (χ1) is 13.6. The smallest absolute Gasteiger partial charge is 0.232 e. The molecule has 0 aliphatic carbocycles. The lowest BCUT2D eigenvalue weighted by atomic mass is 10.1. The van der Waals surface area contributed by atoms with Crippen LogP contribution in [0, 0.1) is 13.8 Å². The van der Waals surface area contributed by atoms with E-state index < -0.39 is 0 Å². The van der Waals surface area contributed by atoms with Gasteiger partial charge in [0.15, 0.2) is 5.13 Å². The highest BCUT2D eigenvalue weighted by Crippen LogP contribution is 2.27. The number of amides is 1. The highest BCUT2D eigenvalue weighted by molar-refractivity contribution is 7.14. The number of carbonyl (C=O) groups is 1. The summed E-state index contributed by atoms with van der Waals surface area (Å²) in [6.07, 6.45) is 0.238. The fraction of sp³-hybridized carbons (Fsp3) is 0.136. The first-order valence-electron chi connectivity index (χ1n) is 8.91. The minimum Gasteiger partial charge on any atom is -0.302 e. The molecule has 2 aromatic heterocycles. The Kier molecular flexibility index (Phi) is 5.32. The largest absolute Gasteiger partial charge is 0.302 e. The summed E-state index contributed by atoms with van der Waals surface area (Å²) in [4.78, 5) is 21.5. The summed E-state index contributed by atoms with van der Waals surface area (Å²) in [6.45, 7) is 4.18. The van der Waals surface area contributed by atoms with Crippen molar-refractivity contribution < 1.29 is 4.79 Å². The predicted octanol–water partition coefficient (Wildman–Crippen LogP) is 5.73. The van der Waals surface area contributed by atoms with Gasteiger partial charge in [0.25, 0.3) is 0 Å². The summed E-state index contributed by atoms with van der Waals surface area (Å²) in [5.74, 6) is -0.106. The normalized spacial score (nSPS) is 10.8. The number of nitrogens with zero attached hydrogens (tertiary/aromatic N) is 2. The van der Waals surface area contributed by atoms with Crippen molar-refractivity contribution in [1.29, 1.82) is 0 Å². The molecule has 0 bridgehead atoms. The summed E-state index contributed by atoms with van der Waals surface area (Å²) in [7, 11) is 0. The van der Waals surface area contributed by atoms with Gasteiger partial charge in [-0.25, -0.2) is 9.97 Å². The van der Waals surface area contributed by atoms with E-state index in [2.05, 4.69) is 47.3 Å². The Bertz CT molecular complexity index is 1120. The highest BCUT2D eigenvalue weighted by Gasteiger charge is 2.12. The summed E-state index contributed by atoms with van der Waals surface area (Å²) in [5.41, 5.74) is 6.26. The quantitative estimate of drug-likeness (QED) is 0.461. The van der Waals surface area contributed by atoms with Gasteiger partial charge in [0.05, 0.1) is 17.8 Å². The summed E-state index contributed by atoms with van der Waals surface area (Å²) >= 11 is 2.99. The van der Waals surface area contributed by atoms with E-state index in [9.17, 15) is 4.79 Å². The van der Waals surface area contributed by atoms with E-state index >= 15 is 0 Å². The molecular formula is C22H19N3OS2. The van der Waals surface area contributed by atoms with Crippen LogP contribution in [0.4, 0.5) is 5.13 Å². The standard InChI is InChI=1S/C22H19N3OS2/c1-14-8-9-17(10-15(14)2)19-13-28-22(24-19)25-20(26)11-18-12-27-21(23-18)16-6-4-3-5-7-16/h3-10,12-13H,11H2,1-2H3,(H,24,25,26). The Labute approximate surface area is 171 Å². The Morgan fingerprint density at radius 3 is 2.54 bits per heavy atom. The molecule has 0 saturated heterocycles. The Morgan fingerprint density at radius 2 is 1.75 bits per heavy atom. The minimum atomic E-state index is -0.106. The topological polar surface area (TPSA) is 54.9 Å². The number of aromatic nitrogens is 2. The van der Waals surface area contributed by atoms with Crippen molar-refractivity contribution in [3.8, 4) is 21.8 Å². The van der Waals surface area contributed by atoms with Crippen LogP contribution in [0.2, 0.25) is 0 Å². The highest BCUT2D eigenvalue weighted by atomic mass is 32.1. The lowest BCUT2D eigenvalue weighted by molar-refractivity contribution is -0.115. The lowest BCUT2D eigenvalue weighted by Gasteiger charge is -2.02. The lowest BCUT2D eigenvalue weighted by Crippen LogP contribution is -2.14. The van der Waals surface area contributed by atoms with Gasteiger partial charge in [-0.3, -0.25) is 4.79 Å². The zero-order valence-corrected chi connectivity index (χ0v) is 17.2. The van der Waals surface area contributed by atoms with Crippen LogP contribution in [0.15, 0.2) is 59.3 Å². The summed E-state index contributed by atoms with van der Waals surface area (Å²) in [6, 6.07) is 16.3. The molecule has 4 rings (SSSR count). The van der Waals surface area contributed by atoms with E-state index in [4.69, 9.17) is 0 Å². The van der Waals surface area contributed by atoms with Gasteiger partial charge in [0.1, 0.15) is 5.01 Å². The third kappa shape index (κ3) is 4.18. The van der Waals surface area contributed by atoms with Crippen molar-refractivity contribution in [2.24, 2.45) is 0 Å². The maximum atomic E-state index is 12.4. The van der Waals surface area contributed by atoms with Crippen LogP contribution in [0.1, 0.15) is 16.8 Å². The van der Waals surface area contributed by atoms with E-state index in [1.54, 1.807) is 11.3 Å². The number of hydrogen-bond donors (Lipinski definition) is 1. The van der Waals surface area contributed by atoms with E-state index in [0.717, 1.165) is 27.5 Å². The number of hydrogen-bond acceptors (Lipinski definition) is 5. The van der Waals surface area contributed by atoms with Crippen LogP contribution in [-0.2, 0) is 11.2 Å². The molecule has 0 aliphatic rings. The number of rotatable bonds is 5. The number of carbonyl (C=O) groups excluding carboxylic acids is 1. The van der Waals surface area contributed by atoms with E-state index in [1.165, 1.54) is 22.5 Å². The molecule has 0 unspecified atom stereocenters. The molecule has 2 aromatic carbocycles. The maximum absolute atomic E-state index is 12.4. The molecule has 28 heavy (non-hydrogen) atoms. The summed E-state index contributed by atoms with van der Waals surface area (Å²) in [5, 5.41) is 8.33. The molecule has 6 heteroatoms. The second kappa shape index (κ2) is 8.04. The average molecular weight is 406 g/mol. The number of benzene rings is 2. The molecule has 4 nitrogen and oxygen atoms in total. The molecule has 0 saturated carbocycles. The third-order valence-electron chi connectivity index (χ3n) is 4.47. The molecule has 0 fully saturated rings. The van der Waals surface area contributed by atoms with Crippen molar-refractivity contribution in [2.75, 3.05) is 5.32 Å². The monoisotopic (exact) mass is 405 g/mol. The fourth-order valence-electron chi connectivity index (χ4n) is 2.79. The van der Waals surface area contributed by atoms with Crippen molar-refractivity contribution in [1.82, 2.24) is 9.97 Å². The molecule has 0 aliphatic heterocycles. The first kappa shape index (κ1) is 18.5. The van der Waals surface area contributed by atoms with Crippen LogP contribution in [0.3, 0.4) is 0 Å². The molecule has 0 spiro atoms. The van der Waals surface area contributed by atoms with Crippen LogP contribution >= 0.6 is 22.7 Å². The Balaban J connectivity index is 1.41. The first-order valence-corrected chi connectivity index (χ1v) is 10.7. The van der Waals surface area contributed by atoms with Gasteiger partial charge in [0, 0.05) is 21.9 Å². The van der Waals surface area contributed by atoms with Gasteiger partial charge in [-0.2, -0.15) is 0 Å². The number of thiazole rings is 2. The van der Waals surface area contributed by atoms with Crippen molar-refractivity contribution in [2.45, 2.75) is 20.3 Å². The van der Waals surface area contributed by atoms with Crippen LogP contribution in [0.5, 0.6) is 0 Å².